The molecule has 4 heteroatoms. The summed E-state index contributed by atoms with van der Waals surface area (Å²) in [7, 11) is 0. The Morgan fingerprint density at radius 1 is 0.731 bits per heavy atom. The van der Waals surface area contributed by atoms with Crippen molar-refractivity contribution in [1.82, 2.24) is 0 Å². The van der Waals surface area contributed by atoms with Crippen LogP contribution in [0.25, 0.3) is 0 Å². The average molecular weight is 369 g/mol. The molecule has 1 aliphatic rings. The van der Waals surface area contributed by atoms with E-state index in [0.29, 0.717) is 25.0 Å². The first kappa shape index (κ1) is 23.0. The van der Waals surface area contributed by atoms with Crippen LogP contribution >= 0.6 is 0 Å². The van der Waals surface area contributed by atoms with Crippen LogP contribution in [0, 0.1) is 23.7 Å². The number of rotatable bonds is 12. The van der Waals surface area contributed by atoms with Gasteiger partial charge in [-0.1, -0.05) is 40.5 Å². The zero-order chi connectivity index (χ0) is 19.4. The monoisotopic (exact) mass is 368 g/mol. The summed E-state index contributed by atoms with van der Waals surface area (Å²) in [5.74, 6) is 1.01. The molecule has 152 valence electrons. The van der Waals surface area contributed by atoms with Crippen LogP contribution in [0.4, 0.5) is 0 Å². The van der Waals surface area contributed by atoms with Gasteiger partial charge in [-0.15, -0.1) is 0 Å². The van der Waals surface area contributed by atoms with Gasteiger partial charge in [-0.05, 0) is 63.2 Å². The summed E-state index contributed by atoms with van der Waals surface area (Å²) in [5.41, 5.74) is 0. The topological polar surface area (TPSA) is 52.6 Å². The Hall–Kier alpha value is -1.06. The first-order chi connectivity index (χ1) is 12.5. The first-order valence-electron chi connectivity index (χ1n) is 10.9. The van der Waals surface area contributed by atoms with E-state index >= 15 is 0 Å². The molecule has 0 N–H and O–H groups in total. The predicted molar refractivity (Wildman–Crippen MR) is 105 cm³/mol. The molecule has 0 radical (unpaired) electrons. The summed E-state index contributed by atoms with van der Waals surface area (Å²) in [6.07, 6.45) is 9.86. The Morgan fingerprint density at radius 3 is 1.35 bits per heavy atom. The summed E-state index contributed by atoms with van der Waals surface area (Å²) < 4.78 is 11.1. The summed E-state index contributed by atoms with van der Waals surface area (Å²) in [6, 6.07) is 0. The Balaban J connectivity index is 2.24. The summed E-state index contributed by atoms with van der Waals surface area (Å²) >= 11 is 0. The number of carbonyl (C=O) groups is 2. The minimum atomic E-state index is -0.0214. The fourth-order valence-corrected chi connectivity index (χ4v) is 3.87. The number of carbonyl (C=O) groups excluding carboxylic acids is 2. The van der Waals surface area contributed by atoms with Crippen LogP contribution in [0.2, 0.25) is 0 Å². The van der Waals surface area contributed by atoms with E-state index in [9.17, 15) is 9.59 Å². The standard InChI is InChI=1S/C22H40O4/c1-5-9-19(7-3)21(23)25-15-17-11-13-18(14-12-17)16-26-22(24)20(8-4)10-6-2/h17-20H,5-16H2,1-4H3. The average Bonchev–Trinajstić information content (AvgIpc) is 2.67. The van der Waals surface area contributed by atoms with Gasteiger partial charge in [-0.25, -0.2) is 0 Å². The van der Waals surface area contributed by atoms with Gasteiger partial charge in [0.15, 0.2) is 0 Å². The minimum absolute atomic E-state index is 0.0214. The van der Waals surface area contributed by atoms with Crippen molar-refractivity contribution in [3.63, 3.8) is 0 Å². The van der Waals surface area contributed by atoms with Crippen LogP contribution in [0.3, 0.4) is 0 Å². The van der Waals surface area contributed by atoms with E-state index in [1.54, 1.807) is 0 Å². The van der Waals surface area contributed by atoms with Crippen LogP contribution in [0.15, 0.2) is 0 Å². The van der Waals surface area contributed by atoms with E-state index in [1.165, 1.54) is 0 Å². The van der Waals surface area contributed by atoms with E-state index in [4.69, 9.17) is 9.47 Å². The fraction of sp³-hybridized carbons (Fsp3) is 0.909. The molecule has 0 heterocycles. The molecule has 0 amide bonds. The third-order valence-electron chi connectivity index (χ3n) is 5.82. The molecule has 0 saturated heterocycles. The van der Waals surface area contributed by atoms with Crippen molar-refractivity contribution < 1.29 is 19.1 Å². The molecule has 0 aromatic carbocycles. The number of hydrogen-bond acceptors (Lipinski definition) is 4. The number of esters is 2. The molecule has 0 aliphatic heterocycles. The van der Waals surface area contributed by atoms with E-state index in [0.717, 1.165) is 64.2 Å². The van der Waals surface area contributed by atoms with Gasteiger partial charge in [-0.3, -0.25) is 9.59 Å². The minimum Gasteiger partial charge on any atom is -0.465 e. The van der Waals surface area contributed by atoms with E-state index in [1.807, 2.05) is 0 Å². The molecule has 0 aromatic heterocycles. The summed E-state index contributed by atoms with van der Waals surface area (Å²) in [4.78, 5) is 24.2. The van der Waals surface area contributed by atoms with Gasteiger partial charge in [-0.2, -0.15) is 0 Å². The number of ether oxygens (including phenoxy) is 2. The lowest BCUT2D eigenvalue weighted by Crippen LogP contribution is -2.26. The zero-order valence-corrected chi connectivity index (χ0v) is 17.4. The normalized spacial score (nSPS) is 22.5. The molecule has 2 atom stereocenters. The Bertz CT molecular complexity index is 361. The Kier molecular flexibility index (Phi) is 11.6. The maximum Gasteiger partial charge on any atom is 0.308 e. The van der Waals surface area contributed by atoms with Gasteiger partial charge >= 0.3 is 11.9 Å². The predicted octanol–water partition coefficient (Wildman–Crippen LogP) is 5.53. The lowest BCUT2D eigenvalue weighted by Gasteiger charge is -2.28. The maximum atomic E-state index is 12.1. The third kappa shape index (κ3) is 8.09. The maximum absolute atomic E-state index is 12.1. The molecule has 1 aliphatic carbocycles. The van der Waals surface area contributed by atoms with E-state index in [-0.39, 0.29) is 23.8 Å². The smallest absolute Gasteiger partial charge is 0.308 e. The second-order valence-electron chi connectivity index (χ2n) is 7.93. The van der Waals surface area contributed by atoms with Crippen LogP contribution in [0.5, 0.6) is 0 Å². The molecular weight excluding hydrogens is 328 g/mol. The Morgan fingerprint density at radius 2 is 1.08 bits per heavy atom. The van der Waals surface area contributed by atoms with E-state index < -0.39 is 0 Å². The fourth-order valence-electron chi connectivity index (χ4n) is 3.87. The lowest BCUT2D eigenvalue weighted by molar-refractivity contribution is -0.153. The highest BCUT2D eigenvalue weighted by Gasteiger charge is 2.25. The van der Waals surface area contributed by atoms with Crippen molar-refractivity contribution >= 4 is 11.9 Å². The zero-order valence-electron chi connectivity index (χ0n) is 17.4. The number of hydrogen-bond donors (Lipinski definition) is 0. The highest BCUT2D eigenvalue weighted by molar-refractivity contribution is 5.72. The highest BCUT2D eigenvalue weighted by atomic mass is 16.5. The van der Waals surface area contributed by atoms with Crippen molar-refractivity contribution in [1.29, 1.82) is 0 Å². The molecule has 4 nitrogen and oxygen atoms in total. The quantitative estimate of drug-likeness (QED) is 0.425. The van der Waals surface area contributed by atoms with Gasteiger partial charge in [0.25, 0.3) is 0 Å². The van der Waals surface area contributed by atoms with Crippen molar-refractivity contribution in [2.75, 3.05) is 13.2 Å². The molecule has 26 heavy (non-hydrogen) atoms. The molecular formula is C22H40O4. The second kappa shape index (κ2) is 13.2. The summed E-state index contributed by atoms with van der Waals surface area (Å²) in [5, 5.41) is 0. The van der Waals surface area contributed by atoms with Crippen LogP contribution in [-0.4, -0.2) is 25.2 Å². The SMILES string of the molecule is CCCC(CC)C(=O)OCC1CCC(COC(=O)C(CC)CCC)CC1. The van der Waals surface area contributed by atoms with Crippen molar-refractivity contribution in [2.45, 2.75) is 91.9 Å². The van der Waals surface area contributed by atoms with Crippen molar-refractivity contribution in [3.8, 4) is 0 Å². The second-order valence-corrected chi connectivity index (χ2v) is 7.93. The summed E-state index contributed by atoms with van der Waals surface area (Å²) in [6.45, 7) is 9.43. The molecule has 0 bridgehead atoms. The van der Waals surface area contributed by atoms with Crippen molar-refractivity contribution in [2.24, 2.45) is 23.7 Å². The van der Waals surface area contributed by atoms with Crippen LogP contribution in [0.1, 0.15) is 91.9 Å². The molecule has 1 saturated carbocycles. The van der Waals surface area contributed by atoms with Gasteiger partial charge in [0, 0.05) is 0 Å². The van der Waals surface area contributed by atoms with Crippen LogP contribution < -0.4 is 0 Å². The van der Waals surface area contributed by atoms with Gasteiger partial charge in [0.05, 0.1) is 25.0 Å². The molecule has 0 aromatic rings. The highest BCUT2D eigenvalue weighted by Crippen LogP contribution is 2.30. The third-order valence-corrected chi connectivity index (χ3v) is 5.82. The van der Waals surface area contributed by atoms with Gasteiger partial charge in [0.2, 0.25) is 0 Å². The van der Waals surface area contributed by atoms with Gasteiger partial charge in [0.1, 0.15) is 0 Å². The Labute approximate surface area is 160 Å². The van der Waals surface area contributed by atoms with Gasteiger partial charge < -0.3 is 9.47 Å². The molecule has 1 rings (SSSR count). The van der Waals surface area contributed by atoms with Crippen molar-refractivity contribution in [3.05, 3.63) is 0 Å². The largest absolute Gasteiger partial charge is 0.465 e. The lowest BCUT2D eigenvalue weighted by atomic mass is 9.83. The van der Waals surface area contributed by atoms with Crippen LogP contribution in [-0.2, 0) is 19.1 Å². The van der Waals surface area contributed by atoms with E-state index in [2.05, 4.69) is 27.7 Å². The molecule has 2 unspecified atom stereocenters. The first-order valence-corrected chi connectivity index (χ1v) is 10.9. The molecule has 0 spiro atoms. The molecule has 1 fully saturated rings.